The molecule has 0 aliphatic rings. The van der Waals surface area contributed by atoms with E-state index in [2.05, 4.69) is 15.6 Å². The highest BCUT2D eigenvalue weighted by Gasteiger charge is 2.15. The van der Waals surface area contributed by atoms with E-state index < -0.39 is 0 Å². The summed E-state index contributed by atoms with van der Waals surface area (Å²) in [6.45, 7) is 7.30. The maximum atomic E-state index is 12.5. The van der Waals surface area contributed by atoms with E-state index in [4.69, 9.17) is 0 Å². The normalized spacial score (nSPS) is 12.0. The number of hydrogen-bond acceptors (Lipinski definition) is 3. The number of nitrogens with one attached hydrogen (secondary N) is 2. The largest absolute Gasteiger partial charge is 0.350 e. The molecule has 0 radical (unpaired) electrons. The Morgan fingerprint density at radius 2 is 2.00 bits per heavy atom. The third-order valence-electron chi connectivity index (χ3n) is 3.50. The molecule has 0 saturated heterocycles. The van der Waals surface area contributed by atoms with Crippen LogP contribution in [-0.2, 0) is 4.79 Å². The number of carbonyl (C=O) groups excluding carboxylic acids is 2. The molecule has 2 amide bonds. The fourth-order valence-corrected chi connectivity index (χ4v) is 2.20. The maximum Gasteiger partial charge on any atom is 0.252 e. The quantitative estimate of drug-likeness (QED) is 0.911. The third-order valence-corrected chi connectivity index (χ3v) is 3.50. The van der Waals surface area contributed by atoms with Crippen molar-refractivity contribution in [2.45, 2.75) is 40.2 Å². The van der Waals surface area contributed by atoms with Crippen molar-refractivity contribution < 1.29 is 9.59 Å². The zero-order valence-electron chi connectivity index (χ0n) is 13.4. The first-order valence-electron chi connectivity index (χ1n) is 7.40. The van der Waals surface area contributed by atoms with Crippen molar-refractivity contribution in [3.8, 4) is 0 Å². The Morgan fingerprint density at radius 1 is 1.27 bits per heavy atom. The van der Waals surface area contributed by atoms with E-state index >= 15 is 0 Å². The summed E-state index contributed by atoms with van der Waals surface area (Å²) in [6.07, 6.45) is 0.854. The van der Waals surface area contributed by atoms with E-state index in [1.165, 1.54) is 6.92 Å². The molecule has 0 spiro atoms. The molecule has 22 heavy (non-hydrogen) atoms. The molecule has 0 aliphatic carbocycles. The highest BCUT2D eigenvalue weighted by molar-refractivity contribution is 6.08. The van der Waals surface area contributed by atoms with Gasteiger partial charge >= 0.3 is 0 Å². The van der Waals surface area contributed by atoms with Crippen molar-refractivity contribution in [2.75, 3.05) is 5.32 Å². The third kappa shape index (κ3) is 3.61. The van der Waals surface area contributed by atoms with Crippen LogP contribution in [-0.4, -0.2) is 22.8 Å². The molecule has 5 heteroatoms. The van der Waals surface area contributed by atoms with Crippen LogP contribution in [0.1, 0.15) is 43.2 Å². The predicted molar refractivity (Wildman–Crippen MR) is 88.0 cm³/mol. The molecule has 0 aliphatic heterocycles. The number of anilines is 1. The van der Waals surface area contributed by atoms with Gasteiger partial charge in [0.05, 0.1) is 11.1 Å². The highest BCUT2D eigenvalue weighted by Crippen LogP contribution is 2.23. The zero-order chi connectivity index (χ0) is 16.3. The molecule has 116 valence electrons. The van der Waals surface area contributed by atoms with Crippen LogP contribution >= 0.6 is 0 Å². The Bertz CT molecular complexity index is 725. The molecule has 1 heterocycles. The first-order valence-corrected chi connectivity index (χ1v) is 7.40. The minimum Gasteiger partial charge on any atom is -0.350 e. The standard InChI is InChI=1S/C17H21N3O2/c1-5-10(2)19-17(22)15-8-13(20-12(4)21)9-16-14(15)7-6-11(3)18-16/h6-10H,5H2,1-4H3,(H,19,22)(H,20,21)/t10-/m1/s1. The number of benzene rings is 1. The summed E-state index contributed by atoms with van der Waals surface area (Å²) < 4.78 is 0. The number of pyridine rings is 1. The van der Waals surface area contributed by atoms with Crippen LogP contribution in [0.5, 0.6) is 0 Å². The molecule has 2 N–H and O–H groups in total. The summed E-state index contributed by atoms with van der Waals surface area (Å²) in [5.74, 6) is -0.336. The number of aryl methyl sites for hydroxylation is 1. The second-order valence-electron chi connectivity index (χ2n) is 5.51. The van der Waals surface area contributed by atoms with Crippen molar-refractivity contribution in [3.63, 3.8) is 0 Å². The smallest absolute Gasteiger partial charge is 0.252 e. The van der Waals surface area contributed by atoms with Gasteiger partial charge in [0.2, 0.25) is 5.91 Å². The van der Waals surface area contributed by atoms with Crippen LogP contribution in [0.3, 0.4) is 0 Å². The second-order valence-corrected chi connectivity index (χ2v) is 5.51. The van der Waals surface area contributed by atoms with E-state index in [1.54, 1.807) is 12.1 Å². The van der Waals surface area contributed by atoms with Gasteiger partial charge in [-0.3, -0.25) is 14.6 Å². The van der Waals surface area contributed by atoms with Gasteiger partial charge in [-0.05, 0) is 38.5 Å². The number of nitrogens with zero attached hydrogens (tertiary/aromatic N) is 1. The van der Waals surface area contributed by atoms with Gasteiger partial charge in [-0.25, -0.2) is 0 Å². The van der Waals surface area contributed by atoms with Gasteiger partial charge in [0.15, 0.2) is 0 Å². The molecular formula is C17H21N3O2. The summed E-state index contributed by atoms with van der Waals surface area (Å²) in [5.41, 5.74) is 2.66. The monoisotopic (exact) mass is 299 g/mol. The summed E-state index contributed by atoms with van der Waals surface area (Å²) >= 11 is 0. The van der Waals surface area contributed by atoms with E-state index in [1.807, 2.05) is 32.9 Å². The number of aromatic nitrogens is 1. The van der Waals surface area contributed by atoms with Gasteiger partial charge in [-0.2, -0.15) is 0 Å². The Morgan fingerprint density at radius 3 is 2.64 bits per heavy atom. The number of amides is 2. The zero-order valence-corrected chi connectivity index (χ0v) is 13.4. The predicted octanol–water partition coefficient (Wildman–Crippen LogP) is 3.03. The number of carbonyl (C=O) groups is 2. The summed E-state index contributed by atoms with van der Waals surface area (Å²) in [5, 5.41) is 6.45. The van der Waals surface area contributed by atoms with E-state index in [9.17, 15) is 9.59 Å². The minimum absolute atomic E-state index is 0.0883. The van der Waals surface area contributed by atoms with E-state index in [0.717, 1.165) is 17.5 Å². The number of rotatable bonds is 4. The lowest BCUT2D eigenvalue weighted by Crippen LogP contribution is -2.32. The van der Waals surface area contributed by atoms with Crippen LogP contribution in [0.15, 0.2) is 24.3 Å². The summed E-state index contributed by atoms with van der Waals surface area (Å²) in [7, 11) is 0. The SMILES string of the molecule is CC[C@@H](C)NC(=O)c1cc(NC(C)=O)cc2nc(C)ccc12. The van der Waals surface area contributed by atoms with Crippen molar-refractivity contribution in [1.29, 1.82) is 0 Å². The fraction of sp³-hybridized carbons (Fsp3) is 0.353. The molecule has 2 rings (SSSR count). The molecule has 1 aromatic carbocycles. The Labute approximate surface area is 130 Å². The summed E-state index contributed by atoms with van der Waals surface area (Å²) in [4.78, 5) is 28.2. The van der Waals surface area contributed by atoms with Crippen LogP contribution in [0.4, 0.5) is 5.69 Å². The molecule has 0 bridgehead atoms. The molecule has 0 fully saturated rings. The molecular weight excluding hydrogens is 278 g/mol. The number of hydrogen-bond donors (Lipinski definition) is 2. The van der Waals surface area contributed by atoms with E-state index in [0.29, 0.717) is 16.8 Å². The molecule has 1 aromatic heterocycles. The van der Waals surface area contributed by atoms with Crippen LogP contribution in [0.25, 0.3) is 10.9 Å². The Kier molecular flexibility index (Phi) is 4.75. The lowest BCUT2D eigenvalue weighted by molar-refractivity contribution is -0.114. The van der Waals surface area contributed by atoms with Crippen LogP contribution in [0.2, 0.25) is 0 Å². The van der Waals surface area contributed by atoms with Gasteiger partial charge in [0.25, 0.3) is 5.91 Å². The van der Waals surface area contributed by atoms with Gasteiger partial charge in [0.1, 0.15) is 0 Å². The molecule has 1 atom stereocenters. The van der Waals surface area contributed by atoms with Crippen LogP contribution < -0.4 is 10.6 Å². The lowest BCUT2D eigenvalue weighted by Gasteiger charge is -2.14. The first kappa shape index (κ1) is 15.9. The Hall–Kier alpha value is -2.43. The van der Waals surface area contributed by atoms with E-state index in [-0.39, 0.29) is 17.9 Å². The molecule has 0 unspecified atom stereocenters. The lowest BCUT2D eigenvalue weighted by atomic mass is 10.0. The van der Waals surface area contributed by atoms with Crippen molar-refractivity contribution in [3.05, 3.63) is 35.5 Å². The highest BCUT2D eigenvalue weighted by atomic mass is 16.2. The van der Waals surface area contributed by atoms with Crippen molar-refractivity contribution in [1.82, 2.24) is 10.3 Å². The fourth-order valence-electron chi connectivity index (χ4n) is 2.20. The second kappa shape index (κ2) is 6.56. The average Bonchev–Trinajstić information content (AvgIpc) is 2.45. The molecule has 0 saturated carbocycles. The molecule has 2 aromatic rings. The average molecular weight is 299 g/mol. The first-order chi connectivity index (χ1) is 10.4. The molecule has 5 nitrogen and oxygen atoms in total. The minimum atomic E-state index is -0.180. The van der Waals surface area contributed by atoms with Gasteiger partial charge in [-0.1, -0.05) is 13.0 Å². The van der Waals surface area contributed by atoms with Gasteiger partial charge < -0.3 is 10.6 Å². The van der Waals surface area contributed by atoms with Crippen molar-refractivity contribution >= 4 is 28.4 Å². The Balaban J connectivity index is 2.54. The van der Waals surface area contributed by atoms with Crippen LogP contribution in [0, 0.1) is 6.92 Å². The van der Waals surface area contributed by atoms with Crippen molar-refractivity contribution in [2.24, 2.45) is 0 Å². The maximum absolute atomic E-state index is 12.5. The number of fused-ring (bicyclic) bond motifs is 1. The van der Waals surface area contributed by atoms with Gasteiger partial charge in [0, 0.05) is 29.7 Å². The van der Waals surface area contributed by atoms with Gasteiger partial charge in [-0.15, -0.1) is 0 Å². The summed E-state index contributed by atoms with van der Waals surface area (Å²) in [6, 6.07) is 7.33. The topological polar surface area (TPSA) is 71.1 Å².